The van der Waals surface area contributed by atoms with Crippen molar-refractivity contribution in [2.75, 3.05) is 6.54 Å². The van der Waals surface area contributed by atoms with Gasteiger partial charge in [0, 0.05) is 37.2 Å². The molecule has 0 fully saturated rings. The van der Waals surface area contributed by atoms with E-state index in [1.807, 2.05) is 60.7 Å². The summed E-state index contributed by atoms with van der Waals surface area (Å²) in [6.07, 6.45) is 2.50. The summed E-state index contributed by atoms with van der Waals surface area (Å²) in [6.45, 7) is 2.46. The SMILES string of the molecule is CCNS(=O)(=O)c1ccc(CCC(=O)N(Cc2ccc(Cl)cc2)[C@H](Cc2ccccc2)C(=O)NCc2ccccn2)cc1. The van der Waals surface area contributed by atoms with Crippen LogP contribution in [-0.2, 0) is 45.5 Å². The molecule has 0 aliphatic carbocycles. The number of nitrogens with one attached hydrogen (secondary N) is 2. The number of carbonyl (C=O) groups is 2. The second kappa shape index (κ2) is 15.4. The van der Waals surface area contributed by atoms with Crippen molar-refractivity contribution in [1.82, 2.24) is 19.9 Å². The molecule has 0 saturated heterocycles. The minimum absolute atomic E-state index is 0.131. The van der Waals surface area contributed by atoms with Gasteiger partial charge < -0.3 is 10.2 Å². The molecule has 2 N–H and O–H groups in total. The van der Waals surface area contributed by atoms with Gasteiger partial charge in [0.25, 0.3) is 0 Å². The predicted molar refractivity (Wildman–Crippen MR) is 168 cm³/mol. The van der Waals surface area contributed by atoms with Gasteiger partial charge in [0.2, 0.25) is 21.8 Å². The van der Waals surface area contributed by atoms with Crippen LogP contribution in [0.25, 0.3) is 0 Å². The first kappa shape index (κ1) is 31.9. The lowest BCUT2D eigenvalue weighted by Crippen LogP contribution is -2.50. The van der Waals surface area contributed by atoms with E-state index in [0.29, 0.717) is 30.1 Å². The maximum atomic E-state index is 13.9. The van der Waals surface area contributed by atoms with E-state index in [4.69, 9.17) is 11.6 Å². The number of aryl methyl sites for hydroxylation is 1. The second-order valence-corrected chi connectivity index (χ2v) is 12.2. The molecule has 8 nitrogen and oxygen atoms in total. The zero-order valence-corrected chi connectivity index (χ0v) is 25.5. The first-order valence-corrected chi connectivity index (χ1v) is 16.0. The van der Waals surface area contributed by atoms with E-state index in [-0.39, 0.29) is 36.2 Å². The third-order valence-electron chi connectivity index (χ3n) is 6.90. The van der Waals surface area contributed by atoms with Crippen LogP contribution in [0.4, 0.5) is 0 Å². The van der Waals surface area contributed by atoms with E-state index in [1.54, 1.807) is 42.3 Å². The molecule has 4 rings (SSSR count). The van der Waals surface area contributed by atoms with Gasteiger partial charge in [-0.2, -0.15) is 0 Å². The smallest absolute Gasteiger partial charge is 0.243 e. The fourth-order valence-electron chi connectivity index (χ4n) is 4.64. The van der Waals surface area contributed by atoms with Crippen molar-refractivity contribution in [3.8, 4) is 0 Å². The van der Waals surface area contributed by atoms with Crippen LogP contribution >= 0.6 is 11.6 Å². The number of hydrogen-bond acceptors (Lipinski definition) is 5. The molecule has 0 bridgehead atoms. The van der Waals surface area contributed by atoms with Crippen molar-refractivity contribution in [2.24, 2.45) is 0 Å². The normalized spacial score (nSPS) is 12.0. The van der Waals surface area contributed by atoms with Gasteiger partial charge in [0.1, 0.15) is 6.04 Å². The molecule has 224 valence electrons. The van der Waals surface area contributed by atoms with E-state index in [2.05, 4.69) is 15.0 Å². The Hall–Kier alpha value is -4.05. The molecular formula is C33H35ClN4O4S. The van der Waals surface area contributed by atoms with Crippen molar-refractivity contribution < 1.29 is 18.0 Å². The number of aromatic nitrogens is 1. The average molecular weight is 619 g/mol. The molecule has 2 amide bonds. The lowest BCUT2D eigenvalue weighted by Gasteiger charge is -2.31. The molecule has 10 heteroatoms. The van der Waals surface area contributed by atoms with Crippen LogP contribution in [0, 0.1) is 0 Å². The van der Waals surface area contributed by atoms with E-state index in [9.17, 15) is 18.0 Å². The summed E-state index contributed by atoms with van der Waals surface area (Å²) in [5.74, 6) is -0.483. The van der Waals surface area contributed by atoms with Crippen molar-refractivity contribution >= 4 is 33.4 Å². The number of carbonyl (C=O) groups excluding carboxylic acids is 2. The van der Waals surface area contributed by atoms with Crippen molar-refractivity contribution in [3.05, 3.63) is 131 Å². The number of halogens is 1. The third kappa shape index (κ3) is 9.47. The second-order valence-electron chi connectivity index (χ2n) is 10.0. The highest BCUT2D eigenvalue weighted by molar-refractivity contribution is 7.89. The van der Waals surface area contributed by atoms with Crippen LogP contribution in [0.15, 0.2) is 108 Å². The Bertz CT molecular complexity index is 1580. The Labute approximate surface area is 258 Å². The Morgan fingerprint density at radius 3 is 2.19 bits per heavy atom. The van der Waals surface area contributed by atoms with Gasteiger partial charge in [-0.1, -0.05) is 79.2 Å². The molecule has 1 aromatic heterocycles. The number of rotatable bonds is 14. The molecule has 43 heavy (non-hydrogen) atoms. The number of sulfonamides is 1. The van der Waals surface area contributed by atoms with E-state index in [0.717, 1.165) is 16.7 Å². The van der Waals surface area contributed by atoms with Crippen molar-refractivity contribution in [1.29, 1.82) is 0 Å². The molecule has 0 saturated carbocycles. The van der Waals surface area contributed by atoms with Crippen LogP contribution in [-0.4, -0.2) is 42.7 Å². The number of nitrogens with zero attached hydrogens (tertiary/aromatic N) is 2. The number of hydrogen-bond donors (Lipinski definition) is 2. The van der Waals surface area contributed by atoms with Crippen molar-refractivity contribution in [3.63, 3.8) is 0 Å². The molecule has 0 aliphatic rings. The highest BCUT2D eigenvalue weighted by Gasteiger charge is 2.30. The topological polar surface area (TPSA) is 108 Å². The van der Waals surface area contributed by atoms with Crippen LogP contribution in [0.3, 0.4) is 0 Å². The van der Waals surface area contributed by atoms with Gasteiger partial charge in [-0.05, 0) is 59.5 Å². The summed E-state index contributed by atoms with van der Waals surface area (Å²) >= 11 is 6.11. The minimum Gasteiger partial charge on any atom is -0.349 e. The first-order valence-electron chi connectivity index (χ1n) is 14.1. The lowest BCUT2D eigenvalue weighted by atomic mass is 10.0. The predicted octanol–water partition coefficient (Wildman–Crippen LogP) is 4.92. The summed E-state index contributed by atoms with van der Waals surface area (Å²) in [6, 6.07) is 28.0. The molecule has 0 radical (unpaired) electrons. The van der Waals surface area contributed by atoms with E-state index < -0.39 is 16.1 Å². The van der Waals surface area contributed by atoms with Crippen LogP contribution < -0.4 is 10.0 Å². The fraction of sp³-hybridized carbons (Fsp3) is 0.242. The molecular weight excluding hydrogens is 584 g/mol. The van der Waals surface area contributed by atoms with Crippen LogP contribution in [0.5, 0.6) is 0 Å². The van der Waals surface area contributed by atoms with Crippen LogP contribution in [0.2, 0.25) is 5.02 Å². The van der Waals surface area contributed by atoms with Gasteiger partial charge in [0.05, 0.1) is 17.1 Å². The van der Waals surface area contributed by atoms with Gasteiger partial charge in [-0.15, -0.1) is 0 Å². The summed E-state index contributed by atoms with van der Waals surface area (Å²) in [7, 11) is -3.57. The average Bonchev–Trinajstić information content (AvgIpc) is 3.02. The maximum Gasteiger partial charge on any atom is 0.243 e. The van der Waals surface area contributed by atoms with E-state index >= 15 is 0 Å². The summed E-state index contributed by atoms with van der Waals surface area (Å²) < 4.78 is 27.1. The zero-order valence-electron chi connectivity index (χ0n) is 23.9. The number of amides is 2. The molecule has 0 spiro atoms. The molecule has 0 aliphatic heterocycles. The minimum atomic E-state index is -3.57. The molecule has 0 unspecified atom stereocenters. The van der Waals surface area contributed by atoms with Crippen LogP contribution in [0.1, 0.15) is 35.7 Å². The molecule has 3 aromatic carbocycles. The highest BCUT2D eigenvalue weighted by Crippen LogP contribution is 2.19. The molecule has 1 heterocycles. The maximum absolute atomic E-state index is 13.9. The Kier molecular flexibility index (Phi) is 11.4. The summed E-state index contributed by atoms with van der Waals surface area (Å²) in [5.41, 5.74) is 3.29. The third-order valence-corrected chi connectivity index (χ3v) is 8.72. The number of benzene rings is 3. The largest absolute Gasteiger partial charge is 0.349 e. The Balaban J connectivity index is 1.58. The van der Waals surface area contributed by atoms with Gasteiger partial charge in [-0.25, -0.2) is 13.1 Å². The van der Waals surface area contributed by atoms with Gasteiger partial charge >= 0.3 is 0 Å². The quantitative estimate of drug-likeness (QED) is 0.209. The highest BCUT2D eigenvalue weighted by atomic mass is 35.5. The Morgan fingerprint density at radius 2 is 1.53 bits per heavy atom. The summed E-state index contributed by atoms with van der Waals surface area (Å²) in [4.78, 5) is 33.7. The number of pyridine rings is 1. The lowest BCUT2D eigenvalue weighted by molar-refractivity contribution is -0.141. The van der Waals surface area contributed by atoms with Gasteiger partial charge in [-0.3, -0.25) is 14.6 Å². The molecule has 1 atom stereocenters. The molecule has 4 aromatic rings. The Morgan fingerprint density at radius 1 is 0.860 bits per heavy atom. The first-order chi connectivity index (χ1) is 20.7. The van der Waals surface area contributed by atoms with Crippen molar-refractivity contribution in [2.45, 2.75) is 50.2 Å². The fourth-order valence-corrected chi connectivity index (χ4v) is 5.81. The van der Waals surface area contributed by atoms with Gasteiger partial charge in [0.15, 0.2) is 0 Å². The zero-order chi connectivity index (χ0) is 30.7. The summed E-state index contributed by atoms with van der Waals surface area (Å²) in [5, 5.41) is 3.55. The monoisotopic (exact) mass is 618 g/mol. The standard InChI is InChI=1S/C33H35ClN4O4S/c1-2-37-43(41,42)30-18-13-25(14-19-30)15-20-32(39)38(24-27-11-16-28(34)17-12-27)31(22-26-8-4-3-5-9-26)33(40)36-23-29-10-6-7-21-35-29/h3-14,16-19,21,31,37H,2,15,20,22-24H2,1H3,(H,36,40)/t31-/m1/s1. The van der Waals surface area contributed by atoms with E-state index in [1.165, 1.54) is 12.1 Å².